The molecular formula is C10H10N2O2. The van der Waals surface area contributed by atoms with Crippen LogP contribution in [0.4, 0.5) is 0 Å². The molecule has 0 spiro atoms. The molecule has 0 amide bonds. The molecule has 0 saturated carbocycles. The lowest BCUT2D eigenvalue weighted by molar-refractivity contribution is 0.101. The van der Waals surface area contributed by atoms with Gasteiger partial charge in [0.15, 0.2) is 5.78 Å². The number of aromatic nitrogens is 2. The number of aromatic amines is 1. The van der Waals surface area contributed by atoms with E-state index in [1.54, 1.807) is 12.3 Å². The van der Waals surface area contributed by atoms with Crippen LogP contribution in [0.1, 0.15) is 17.3 Å². The Balaban J connectivity index is 2.72. The molecule has 2 heterocycles. The van der Waals surface area contributed by atoms with E-state index in [0.717, 1.165) is 11.0 Å². The van der Waals surface area contributed by atoms with Crippen molar-refractivity contribution < 1.29 is 9.53 Å². The zero-order chi connectivity index (χ0) is 10.1. The highest BCUT2D eigenvalue weighted by Gasteiger charge is 2.11. The molecule has 2 aromatic heterocycles. The zero-order valence-electron chi connectivity index (χ0n) is 8.00. The Hall–Kier alpha value is -1.84. The van der Waals surface area contributed by atoms with Gasteiger partial charge in [-0.15, -0.1) is 0 Å². The highest BCUT2D eigenvalue weighted by atomic mass is 16.5. The number of hydrogen-bond donors (Lipinski definition) is 1. The fourth-order valence-corrected chi connectivity index (χ4v) is 1.37. The smallest absolute Gasteiger partial charge is 0.226 e. The van der Waals surface area contributed by atoms with Crippen LogP contribution in [0.2, 0.25) is 0 Å². The third-order valence-corrected chi connectivity index (χ3v) is 2.07. The van der Waals surface area contributed by atoms with Crippen molar-refractivity contribution in [2.24, 2.45) is 0 Å². The van der Waals surface area contributed by atoms with E-state index < -0.39 is 0 Å². The van der Waals surface area contributed by atoms with Gasteiger partial charge in [-0.1, -0.05) is 0 Å². The monoisotopic (exact) mass is 190 g/mol. The van der Waals surface area contributed by atoms with Crippen molar-refractivity contribution in [3.8, 4) is 5.88 Å². The van der Waals surface area contributed by atoms with Crippen LogP contribution < -0.4 is 4.74 Å². The number of rotatable bonds is 2. The van der Waals surface area contributed by atoms with Crippen LogP contribution in [0.3, 0.4) is 0 Å². The number of nitrogens with zero attached hydrogens (tertiary/aromatic N) is 1. The number of nitrogens with one attached hydrogen (secondary N) is 1. The summed E-state index contributed by atoms with van der Waals surface area (Å²) in [5.74, 6) is 0.324. The van der Waals surface area contributed by atoms with E-state index in [1.807, 2.05) is 6.07 Å². The molecule has 4 nitrogen and oxygen atoms in total. The van der Waals surface area contributed by atoms with E-state index in [4.69, 9.17) is 4.74 Å². The number of hydrogen-bond acceptors (Lipinski definition) is 3. The molecule has 2 rings (SSSR count). The van der Waals surface area contributed by atoms with Crippen LogP contribution in [0, 0.1) is 0 Å². The third-order valence-electron chi connectivity index (χ3n) is 2.07. The maximum Gasteiger partial charge on any atom is 0.226 e. The number of carbonyl (C=O) groups is 1. The first-order valence-corrected chi connectivity index (χ1v) is 4.25. The van der Waals surface area contributed by atoms with Gasteiger partial charge in [0.1, 0.15) is 5.65 Å². The van der Waals surface area contributed by atoms with Crippen LogP contribution in [0.5, 0.6) is 5.88 Å². The maximum atomic E-state index is 11.3. The van der Waals surface area contributed by atoms with Crippen LogP contribution in [0.15, 0.2) is 18.3 Å². The van der Waals surface area contributed by atoms with Gasteiger partial charge in [-0.05, 0) is 19.1 Å². The van der Waals surface area contributed by atoms with Gasteiger partial charge in [0, 0.05) is 11.6 Å². The van der Waals surface area contributed by atoms with E-state index in [2.05, 4.69) is 9.97 Å². The minimum atomic E-state index is -0.0440. The summed E-state index contributed by atoms with van der Waals surface area (Å²) in [6.45, 7) is 1.50. The minimum Gasteiger partial charge on any atom is -0.480 e. The van der Waals surface area contributed by atoms with Crippen molar-refractivity contribution in [3.63, 3.8) is 0 Å². The molecule has 72 valence electrons. The Morgan fingerprint density at radius 2 is 2.36 bits per heavy atom. The first-order valence-electron chi connectivity index (χ1n) is 4.25. The average Bonchev–Trinajstić information content (AvgIpc) is 2.62. The second kappa shape index (κ2) is 3.14. The summed E-state index contributed by atoms with van der Waals surface area (Å²) >= 11 is 0. The number of pyridine rings is 1. The summed E-state index contributed by atoms with van der Waals surface area (Å²) in [5.41, 5.74) is 1.24. The SMILES string of the molecule is COc1nc2[nH]ccc2cc1C(C)=O. The van der Waals surface area contributed by atoms with Crippen molar-refractivity contribution in [1.29, 1.82) is 0 Å². The molecule has 0 aliphatic carbocycles. The van der Waals surface area contributed by atoms with E-state index >= 15 is 0 Å². The topological polar surface area (TPSA) is 55.0 Å². The fourth-order valence-electron chi connectivity index (χ4n) is 1.37. The number of methoxy groups -OCH3 is 1. The molecule has 0 aromatic carbocycles. The summed E-state index contributed by atoms with van der Waals surface area (Å²) in [6, 6.07) is 3.65. The number of Topliss-reactive ketones (excluding diaryl/α,β-unsaturated/α-hetero) is 1. The molecule has 0 bridgehead atoms. The quantitative estimate of drug-likeness (QED) is 0.734. The number of H-pyrrole nitrogens is 1. The first kappa shape index (κ1) is 8.74. The van der Waals surface area contributed by atoms with Crippen LogP contribution in [-0.4, -0.2) is 22.9 Å². The summed E-state index contributed by atoms with van der Waals surface area (Å²) in [7, 11) is 1.50. The van der Waals surface area contributed by atoms with E-state index in [-0.39, 0.29) is 5.78 Å². The Bertz CT molecular complexity index is 488. The molecule has 4 heteroatoms. The van der Waals surface area contributed by atoms with Gasteiger partial charge in [-0.3, -0.25) is 4.79 Å². The standard InChI is InChI=1S/C10H10N2O2/c1-6(13)8-5-7-3-4-11-9(7)12-10(8)14-2/h3-5H,1-2H3,(H,11,12). The largest absolute Gasteiger partial charge is 0.480 e. The molecule has 0 unspecified atom stereocenters. The molecule has 14 heavy (non-hydrogen) atoms. The number of fused-ring (bicyclic) bond motifs is 1. The second-order valence-corrected chi connectivity index (χ2v) is 3.02. The van der Waals surface area contributed by atoms with Gasteiger partial charge >= 0.3 is 0 Å². The van der Waals surface area contributed by atoms with E-state index in [1.165, 1.54) is 14.0 Å². The molecule has 2 aromatic rings. The van der Waals surface area contributed by atoms with Gasteiger partial charge in [-0.25, -0.2) is 0 Å². The lowest BCUT2D eigenvalue weighted by atomic mass is 10.1. The van der Waals surface area contributed by atoms with Crippen molar-refractivity contribution in [2.75, 3.05) is 7.11 Å². The van der Waals surface area contributed by atoms with Crippen molar-refractivity contribution in [3.05, 3.63) is 23.9 Å². The number of carbonyl (C=O) groups excluding carboxylic acids is 1. The van der Waals surface area contributed by atoms with Crippen molar-refractivity contribution in [1.82, 2.24) is 9.97 Å². The summed E-state index contributed by atoms with van der Waals surface area (Å²) in [6.07, 6.45) is 1.78. The normalized spacial score (nSPS) is 10.4. The maximum absolute atomic E-state index is 11.3. The third kappa shape index (κ3) is 1.25. The molecule has 0 radical (unpaired) electrons. The Kier molecular flexibility index (Phi) is 1.96. The summed E-state index contributed by atoms with van der Waals surface area (Å²) in [4.78, 5) is 18.4. The van der Waals surface area contributed by atoms with Gasteiger partial charge < -0.3 is 9.72 Å². The minimum absolute atomic E-state index is 0.0440. The average molecular weight is 190 g/mol. The van der Waals surface area contributed by atoms with Crippen LogP contribution >= 0.6 is 0 Å². The predicted octanol–water partition coefficient (Wildman–Crippen LogP) is 1.77. The Morgan fingerprint density at radius 1 is 1.57 bits per heavy atom. The number of ether oxygens (including phenoxy) is 1. The molecule has 0 aliphatic rings. The van der Waals surface area contributed by atoms with Crippen LogP contribution in [-0.2, 0) is 0 Å². The zero-order valence-corrected chi connectivity index (χ0v) is 8.00. The van der Waals surface area contributed by atoms with Gasteiger partial charge in [0.05, 0.1) is 12.7 Å². The number of ketones is 1. The highest BCUT2D eigenvalue weighted by Crippen LogP contribution is 2.21. The molecule has 0 saturated heterocycles. The highest BCUT2D eigenvalue weighted by molar-refractivity contribution is 5.99. The fraction of sp³-hybridized carbons (Fsp3) is 0.200. The summed E-state index contributed by atoms with van der Waals surface area (Å²) < 4.78 is 5.03. The van der Waals surface area contributed by atoms with Gasteiger partial charge in [0.25, 0.3) is 0 Å². The molecule has 0 atom stereocenters. The van der Waals surface area contributed by atoms with Crippen molar-refractivity contribution >= 4 is 16.8 Å². The van der Waals surface area contributed by atoms with Crippen molar-refractivity contribution in [2.45, 2.75) is 6.92 Å². The predicted molar refractivity (Wildman–Crippen MR) is 52.7 cm³/mol. The molecular weight excluding hydrogens is 180 g/mol. The Labute approximate surface area is 80.9 Å². The van der Waals surface area contributed by atoms with E-state index in [0.29, 0.717) is 11.4 Å². The first-order chi connectivity index (χ1) is 6.72. The summed E-state index contributed by atoms with van der Waals surface area (Å²) in [5, 5.41) is 0.913. The molecule has 0 aliphatic heterocycles. The van der Waals surface area contributed by atoms with Gasteiger partial charge in [-0.2, -0.15) is 4.98 Å². The Morgan fingerprint density at radius 3 is 3.00 bits per heavy atom. The molecule has 0 fully saturated rings. The lowest BCUT2D eigenvalue weighted by Crippen LogP contribution is -1.99. The van der Waals surface area contributed by atoms with Gasteiger partial charge in [0.2, 0.25) is 5.88 Å². The van der Waals surface area contributed by atoms with E-state index in [9.17, 15) is 4.79 Å². The second-order valence-electron chi connectivity index (χ2n) is 3.02. The van der Waals surface area contributed by atoms with Crippen LogP contribution in [0.25, 0.3) is 11.0 Å². The lowest BCUT2D eigenvalue weighted by Gasteiger charge is -2.03. The molecule has 1 N–H and O–H groups in total.